The molecule has 0 atom stereocenters. The molecule has 0 amide bonds. The fourth-order valence-corrected chi connectivity index (χ4v) is 2.98. The zero-order valence-corrected chi connectivity index (χ0v) is 14.7. The van der Waals surface area contributed by atoms with Crippen LogP contribution in [0.5, 0.6) is 0 Å². The molecule has 0 aliphatic heterocycles. The Bertz CT molecular complexity index is 1040. The molecule has 2 N–H and O–H groups in total. The molecule has 2 aromatic carbocycles. The van der Waals surface area contributed by atoms with Gasteiger partial charge in [-0.3, -0.25) is 9.52 Å². The number of aromatic nitrogens is 1. The van der Waals surface area contributed by atoms with Crippen molar-refractivity contribution in [3.8, 4) is 0 Å². The lowest BCUT2D eigenvalue weighted by molar-refractivity contribution is 0.0470. The minimum Gasteiger partial charge on any atom is -0.453 e. The van der Waals surface area contributed by atoms with Gasteiger partial charge in [0.15, 0.2) is 12.4 Å². The van der Waals surface area contributed by atoms with Crippen molar-refractivity contribution >= 4 is 38.4 Å². The third-order valence-electron chi connectivity index (χ3n) is 3.59. The van der Waals surface area contributed by atoms with Gasteiger partial charge in [-0.15, -0.1) is 0 Å². The molecule has 0 bridgehead atoms. The van der Waals surface area contributed by atoms with Crippen LogP contribution in [0.4, 0.5) is 5.69 Å². The maximum absolute atomic E-state index is 12.1. The Morgan fingerprint density at radius 1 is 1.08 bits per heavy atom. The highest BCUT2D eigenvalue weighted by atomic mass is 32.2. The molecular formula is C18H16N2O5S. The van der Waals surface area contributed by atoms with Crippen LogP contribution < -0.4 is 4.72 Å². The maximum Gasteiger partial charge on any atom is 0.355 e. The van der Waals surface area contributed by atoms with Gasteiger partial charge < -0.3 is 9.72 Å². The average Bonchev–Trinajstić information content (AvgIpc) is 3.03. The summed E-state index contributed by atoms with van der Waals surface area (Å²) < 4.78 is 29.7. The summed E-state index contributed by atoms with van der Waals surface area (Å²) in [4.78, 5) is 27.1. The van der Waals surface area contributed by atoms with Crippen molar-refractivity contribution in [2.75, 3.05) is 17.6 Å². The van der Waals surface area contributed by atoms with Crippen molar-refractivity contribution in [1.29, 1.82) is 0 Å². The molecule has 134 valence electrons. The van der Waals surface area contributed by atoms with Crippen molar-refractivity contribution in [2.24, 2.45) is 0 Å². The second-order valence-electron chi connectivity index (χ2n) is 5.72. The molecule has 0 fully saturated rings. The SMILES string of the molecule is CS(=O)(=O)Nc1ccc(C(=O)COC(=O)c2cc3ccccc3[nH]2)cc1. The molecule has 1 aromatic heterocycles. The summed E-state index contributed by atoms with van der Waals surface area (Å²) in [6.07, 6.45) is 1.04. The van der Waals surface area contributed by atoms with Gasteiger partial charge in [0, 0.05) is 22.2 Å². The summed E-state index contributed by atoms with van der Waals surface area (Å²) in [7, 11) is -3.38. The summed E-state index contributed by atoms with van der Waals surface area (Å²) in [6, 6.07) is 14.9. The number of H-pyrrole nitrogens is 1. The Labute approximate surface area is 150 Å². The number of anilines is 1. The van der Waals surface area contributed by atoms with Crippen molar-refractivity contribution in [1.82, 2.24) is 4.98 Å². The fraction of sp³-hybridized carbons (Fsp3) is 0.111. The summed E-state index contributed by atoms with van der Waals surface area (Å²) >= 11 is 0. The van der Waals surface area contributed by atoms with E-state index < -0.39 is 22.6 Å². The number of ether oxygens (including phenoxy) is 1. The van der Waals surface area contributed by atoms with Crippen LogP contribution in [0.25, 0.3) is 10.9 Å². The van der Waals surface area contributed by atoms with Crippen LogP contribution in [0.1, 0.15) is 20.8 Å². The minimum absolute atomic E-state index is 0.270. The number of aromatic amines is 1. The monoisotopic (exact) mass is 372 g/mol. The van der Waals surface area contributed by atoms with Crippen molar-refractivity contribution in [2.45, 2.75) is 0 Å². The van der Waals surface area contributed by atoms with E-state index in [0.717, 1.165) is 17.2 Å². The number of benzene rings is 2. The Balaban J connectivity index is 1.62. The van der Waals surface area contributed by atoms with Gasteiger partial charge in [0.05, 0.1) is 6.26 Å². The van der Waals surface area contributed by atoms with Crippen LogP contribution in [0.15, 0.2) is 54.6 Å². The molecule has 0 unspecified atom stereocenters. The number of para-hydroxylation sites is 1. The smallest absolute Gasteiger partial charge is 0.355 e. The Kier molecular flexibility index (Phi) is 4.77. The second kappa shape index (κ2) is 7.01. The maximum atomic E-state index is 12.1. The number of hydrogen-bond donors (Lipinski definition) is 2. The molecule has 7 nitrogen and oxygen atoms in total. The number of Topliss-reactive ketones (excluding diaryl/α,β-unsaturated/α-hetero) is 1. The van der Waals surface area contributed by atoms with Gasteiger partial charge in [0.25, 0.3) is 0 Å². The Morgan fingerprint density at radius 2 is 1.77 bits per heavy atom. The van der Waals surface area contributed by atoms with E-state index in [1.165, 1.54) is 24.3 Å². The first-order chi connectivity index (χ1) is 12.3. The molecular weight excluding hydrogens is 356 g/mol. The topological polar surface area (TPSA) is 105 Å². The third-order valence-corrected chi connectivity index (χ3v) is 4.20. The zero-order chi connectivity index (χ0) is 18.7. The lowest BCUT2D eigenvalue weighted by Crippen LogP contribution is -2.15. The van der Waals surface area contributed by atoms with Gasteiger partial charge in [0.1, 0.15) is 5.69 Å². The first-order valence-electron chi connectivity index (χ1n) is 7.68. The van der Waals surface area contributed by atoms with Crippen LogP contribution in [-0.2, 0) is 14.8 Å². The second-order valence-corrected chi connectivity index (χ2v) is 7.47. The number of ketones is 1. The molecule has 0 radical (unpaired) electrons. The number of carbonyl (C=O) groups excluding carboxylic acids is 2. The van der Waals surface area contributed by atoms with Crippen LogP contribution in [0.3, 0.4) is 0 Å². The van der Waals surface area contributed by atoms with E-state index >= 15 is 0 Å². The molecule has 8 heteroatoms. The lowest BCUT2D eigenvalue weighted by Gasteiger charge is -2.06. The summed E-state index contributed by atoms with van der Waals surface area (Å²) in [5, 5.41) is 0.875. The highest BCUT2D eigenvalue weighted by Crippen LogP contribution is 2.16. The van der Waals surface area contributed by atoms with E-state index in [0.29, 0.717) is 11.3 Å². The molecule has 3 rings (SSSR count). The van der Waals surface area contributed by atoms with Gasteiger partial charge in [-0.05, 0) is 36.4 Å². The van der Waals surface area contributed by atoms with Crippen LogP contribution in [-0.4, -0.2) is 38.0 Å². The van der Waals surface area contributed by atoms with E-state index in [1.807, 2.05) is 24.3 Å². The average molecular weight is 372 g/mol. The molecule has 0 spiro atoms. The van der Waals surface area contributed by atoms with Crippen molar-refractivity contribution in [3.05, 3.63) is 65.9 Å². The zero-order valence-electron chi connectivity index (χ0n) is 13.9. The molecule has 3 aromatic rings. The lowest BCUT2D eigenvalue weighted by atomic mass is 10.1. The first-order valence-corrected chi connectivity index (χ1v) is 9.57. The largest absolute Gasteiger partial charge is 0.453 e. The highest BCUT2D eigenvalue weighted by molar-refractivity contribution is 7.92. The molecule has 0 aliphatic rings. The first kappa shape index (κ1) is 17.7. The number of fused-ring (bicyclic) bond motifs is 1. The van der Waals surface area contributed by atoms with Gasteiger partial charge >= 0.3 is 5.97 Å². The van der Waals surface area contributed by atoms with Crippen molar-refractivity contribution in [3.63, 3.8) is 0 Å². The number of rotatable bonds is 6. The Morgan fingerprint density at radius 3 is 2.42 bits per heavy atom. The van der Waals surface area contributed by atoms with E-state index in [4.69, 9.17) is 4.74 Å². The van der Waals surface area contributed by atoms with Gasteiger partial charge in [-0.2, -0.15) is 0 Å². The number of hydrogen-bond acceptors (Lipinski definition) is 5. The van der Waals surface area contributed by atoms with Crippen molar-refractivity contribution < 1.29 is 22.7 Å². The molecule has 1 heterocycles. The minimum atomic E-state index is -3.38. The summed E-state index contributed by atoms with van der Waals surface area (Å²) in [6.45, 7) is -0.410. The van der Waals surface area contributed by atoms with Crippen LogP contribution in [0.2, 0.25) is 0 Å². The predicted molar refractivity (Wildman–Crippen MR) is 97.8 cm³/mol. The molecule has 0 aliphatic carbocycles. The van der Waals surface area contributed by atoms with Gasteiger partial charge in [-0.25, -0.2) is 13.2 Å². The molecule has 26 heavy (non-hydrogen) atoms. The Hall–Kier alpha value is -3.13. The summed E-state index contributed by atoms with van der Waals surface area (Å²) in [5.74, 6) is -1.01. The van der Waals surface area contributed by atoms with Gasteiger partial charge in [0.2, 0.25) is 10.0 Å². The van der Waals surface area contributed by atoms with Gasteiger partial charge in [-0.1, -0.05) is 18.2 Å². The fourth-order valence-electron chi connectivity index (χ4n) is 2.41. The van der Waals surface area contributed by atoms with Crippen LogP contribution >= 0.6 is 0 Å². The van der Waals surface area contributed by atoms with Crippen LogP contribution in [0, 0.1) is 0 Å². The van der Waals surface area contributed by atoms with E-state index in [-0.39, 0.29) is 11.5 Å². The standard InChI is InChI=1S/C18H16N2O5S/c1-26(23,24)20-14-8-6-12(7-9-14)17(21)11-25-18(22)16-10-13-4-2-3-5-15(13)19-16/h2-10,19-20H,11H2,1H3. The van der Waals surface area contributed by atoms with E-state index in [9.17, 15) is 18.0 Å². The highest BCUT2D eigenvalue weighted by Gasteiger charge is 2.14. The molecule has 0 saturated carbocycles. The number of nitrogens with one attached hydrogen (secondary N) is 2. The number of esters is 1. The van der Waals surface area contributed by atoms with E-state index in [1.54, 1.807) is 6.07 Å². The predicted octanol–water partition coefficient (Wildman–Crippen LogP) is 2.58. The number of carbonyl (C=O) groups is 2. The molecule has 0 saturated heterocycles. The normalized spacial score (nSPS) is 11.3. The quantitative estimate of drug-likeness (QED) is 0.511. The third kappa shape index (κ3) is 4.28. The van der Waals surface area contributed by atoms with E-state index in [2.05, 4.69) is 9.71 Å². The summed E-state index contributed by atoms with van der Waals surface area (Å²) in [5.41, 5.74) is 1.74. The number of sulfonamides is 1.